The molecular weight excluding hydrogens is 328 g/mol. The van der Waals surface area contributed by atoms with Crippen LogP contribution in [0.15, 0.2) is 73.0 Å². The molecule has 1 atom stereocenters. The van der Waals surface area contributed by atoms with Crippen LogP contribution < -0.4 is 0 Å². The Kier molecular flexibility index (Phi) is 4.76. The minimum atomic E-state index is 0.175. The number of hydrogen-bond donors (Lipinski definition) is 0. The number of aryl methyl sites for hydroxylation is 1. The molecule has 0 saturated heterocycles. The molecule has 1 nitrogen and oxygen atoms in total. The molecule has 1 unspecified atom stereocenters. The number of allylic oxidation sites excluding steroid dienone is 2. The van der Waals surface area contributed by atoms with E-state index in [0.717, 1.165) is 13.0 Å². The van der Waals surface area contributed by atoms with E-state index in [4.69, 9.17) is 16.3 Å². The SMILES string of the molecule is C1=CCOC=C1.ClC1CCCc2ccc3c(ccc4ccccc43)c21. The zero-order chi connectivity index (χ0) is 17.1. The summed E-state index contributed by atoms with van der Waals surface area (Å²) in [5, 5.41) is 5.49. The van der Waals surface area contributed by atoms with E-state index in [1.807, 2.05) is 18.2 Å². The molecule has 1 aliphatic heterocycles. The quantitative estimate of drug-likeness (QED) is 0.324. The summed E-state index contributed by atoms with van der Waals surface area (Å²) in [6.07, 6.45) is 10.9. The van der Waals surface area contributed by atoms with Gasteiger partial charge < -0.3 is 4.74 Å². The van der Waals surface area contributed by atoms with E-state index in [0.29, 0.717) is 0 Å². The molecule has 0 bridgehead atoms. The average Bonchev–Trinajstić information content (AvgIpc) is 2.69. The van der Waals surface area contributed by atoms with Gasteiger partial charge in [-0.2, -0.15) is 0 Å². The fourth-order valence-electron chi connectivity index (χ4n) is 3.71. The van der Waals surface area contributed by atoms with Crippen LogP contribution in [-0.4, -0.2) is 6.61 Å². The van der Waals surface area contributed by atoms with Crippen LogP contribution in [0.1, 0.15) is 29.3 Å². The van der Waals surface area contributed by atoms with Crippen molar-refractivity contribution in [1.82, 2.24) is 0 Å². The van der Waals surface area contributed by atoms with Gasteiger partial charge in [-0.25, -0.2) is 0 Å². The molecule has 25 heavy (non-hydrogen) atoms. The molecule has 126 valence electrons. The number of benzene rings is 3. The second kappa shape index (κ2) is 7.33. The van der Waals surface area contributed by atoms with Crippen molar-refractivity contribution < 1.29 is 4.74 Å². The van der Waals surface area contributed by atoms with Crippen molar-refractivity contribution >= 4 is 33.1 Å². The third-order valence-electron chi connectivity index (χ3n) is 4.89. The van der Waals surface area contributed by atoms with Gasteiger partial charge in [0.25, 0.3) is 0 Å². The molecule has 3 aromatic rings. The predicted molar refractivity (Wildman–Crippen MR) is 107 cm³/mol. The van der Waals surface area contributed by atoms with Gasteiger partial charge in [0.15, 0.2) is 0 Å². The van der Waals surface area contributed by atoms with Crippen LogP contribution in [0.3, 0.4) is 0 Å². The molecule has 1 aliphatic carbocycles. The van der Waals surface area contributed by atoms with Crippen molar-refractivity contribution in [2.45, 2.75) is 24.6 Å². The fourth-order valence-corrected chi connectivity index (χ4v) is 4.12. The van der Waals surface area contributed by atoms with Gasteiger partial charge in [0, 0.05) is 0 Å². The van der Waals surface area contributed by atoms with Crippen molar-refractivity contribution in [2.75, 3.05) is 6.61 Å². The minimum Gasteiger partial charge on any atom is -0.497 e. The monoisotopic (exact) mass is 348 g/mol. The van der Waals surface area contributed by atoms with Gasteiger partial charge in [-0.05, 0) is 64.1 Å². The average molecular weight is 349 g/mol. The summed E-state index contributed by atoms with van der Waals surface area (Å²) in [4.78, 5) is 0. The lowest BCUT2D eigenvalue weighted by atomic mass is 9.86. The number of ether oxygens (including phenoxy) is 1. The number of fused-ring (bicyclic) bond motifs is 5. The zero-order valence-electron chi connectivity index (χ0n) is 14.1. The van der Waals surface area contributed by atoms with E-state index in [-0.39, 0.29) is 5.38 Å². The number of hydrogen-bond acceptors (Lipinski definition) is 1. The maximum absolute atomic E-state index is 6.58. The summed E-state index contributed by atoms with van der Waals surface area (Å²) < 4.78 is 4.80. The lowest BCUT2D eigenvalue weighted by Crippen LogP contribution is -2.05. The first kappa shape index (κ1) is 16.2. The van der Waals surface area contributed by atoms with E-state index in [2.05, 4.69) is 48.5 Å². The third-order valence-corrected chi connectivity index (χ3v) is 5.33. The lowest BCUT2D eigenvalue weighted by molar-refractivity contribution is 0.286. The van der Waals surface area contributed by atoms with Crippen LogP contribution in [0.2, 0.25) is 0 Å². The molecule has 0 amide bonds. The van der Waals surface area contributed by atoms with Gasteiger partial charge in [-0.15, -0.1) is 11.6 Å². The summed E-state index contributed by atoms with van der Waals surface area (Å²) in [7, 11) is 0. The Morgan fingerprint density at radius 3 is 2.52 bits per heavy atom. The van der Waals surface area contributed by atoms with Gasteiger partial charge >= 0.3 is 0 Å². The minimum absolute atomic E-state index is 0.175. The molecule has 2 heteroatoms. The Bertz CT molecular complexity index is 943. The Labute approximate surface area is 153 Å². The Hall–Kier alpha value is -2.25. The largest absolute Gasteiger partial charge is 0.497 e. The van der Waals surface area contributed by atoms with E-state index in [1.54, 1.807) is 6.26 Å². The highest BCUT2D eigenvalue weighted by atomic mass is 35.5. The highest BCUT2D eigenvalue weighted by Gasteiger charge is 2.20. The molecule has 0 spiro atoms. The van der Waals surface area contributed by atoms with Crippen molar-refractivity contribution in [3.05, 3.63) is 84.1 Å². The molecule has 5 rings (SSSR count). The Balaban J connectivity index is 0.000000223. The first-order valence-electron chi connectivity index (χ1n) is 8.85. The lowest BCUT2D eigenvalue weighted by Gasteiger charge is -2.23. The van der Waals surface area contributed by atoms with Gasteiger partial charge in [0.2, 0.25) is 0 Å². The molecule has 3 aromatic carbocycles. The molecule has 1 heterocycles. The van der Waals surface area contributed by atoms with Gasteiger partial charge in [0.05, 0.1) is 11.6 Å². The van der Waals surface area contributed by atoms with Gasteiger partial charge in [-0.3, -0.25) is 0 Å². The Morgan fingerprint density at radius 2 is 1.76 bits per heavy atom. The highest BCUT2D eigenvalue weighted by molar-refractivity contribution is 6.22. The summed E-state index contributed by atoms with van der Waals surface area (Å²) in [5.41, 5.74) is 2.81. The summed E-state index contributed by atoms with van der Waals surface area (Å²) in [6, 6.07) is 17.6. The third kappa shape index (κ3) is 3.29. The van der Waals surface area contributed by atoms with Crippen LogP contribution in [0.5, 0.6) is 0 Å². The van der Waals surface area contributed by atoms with Crippen LogP contribution in [0.25, 0.3) is 21.5 Å². The van der Waals surface area contributed by atoms with Crippen LogP contribution in [0, 0.1) is 0 Å². The highest BCUT2D eigenvalue weighted by Crippen LogP contribution is 2.40. The van der Waals surface area contributed by atoms with Crippen LogP contribution in [0.4, 0.5) is 0 Å². The molecule has 0 saturated carbocycles. The van der Waals surface area contributed by atoms with Crippen LogP contribution >= 0.6 is 11.6 Å². The molecule has 0 N–H and O–H groups in total. The second-order valence-electron chi connectivity index (χ2n) is 6.47. The molecule has 0 radical (unpaired) electrons. The van der Waals surface area contributed by atoms with Crippen molar-refractivity contribution in [2.24, 2.45) is 0 Å². The second-order valence-corrected chi connectivity index (χ2v) is 7.00. The smallest absolute Gasteiger partial charge is 0.106 e. The van der Waals surface area contributed by atoms with E-state index < -0.39 is 0 Å². The number of rotatable bonds is 0. The molecular formula is C23H21ClO. The zero-order valence-corrected chi connectivity index (χ0v) is 14.9. The van der Waals surface area contributed by atoms with E-state index in [1.165, 1.54) is 45.5 Å². The van der Waals surface area contributed by atoms with Gasteiger partial charge in [-0.1, -0.05) is 54.6 Å². The maximum Gasteiger partial charge on any atom is 0.106 e. The first-order chi connectivity index (χ1) is 12.3. The summed E-state index contributed by atoms with van der Waals surface area (Å²) >= 11 is 6.58. The molecule has 0 fully saturated rings. The van der Waals surface area contributed by atoms with Crippen molar-refractivity contribution in [3.63, 3.8) is 0 Å². The van der Waals surface area contributed by atoms with E-state index >= 15 is 0 Å². The molecule has 0 aromatic heterocycles. The first-order valence-corrected chi connectivity index (χ1v) is 9.29. The predicted octanol–water partition coefficient (Wildman–Crippen LogP) is 6.70. The van der Waals surface area contributed by atoms with Crippen molar-refractivity contribution in [1.29, 1.82) is 0 Å². The summed E-state index contributed by atoms with van der Waals surface area (Å²) in [5.74, 6) is 0. The topological polar surface area (TPSA) is 9.23 Å². The number of alkyl halides is 1. The molecule has 2 aliphatic rings. The maximum atomic E-state index is 6.58. The Morgan fingerprint density at radius 1 is 0.880 bits per heavy atom. The normalized spacial score (nSPS) is 18.4. The van der Waals surface area contributed by atoms with E-state index in [9.17, 15) is 0 Å². The van der Waals surface area contributed by atoms with Gasteiger partial charge in [0.1, 0.15) is 6.61 Å². The van der Waals surface area contributed by atoms with Crippen molar-refractivity contribution in [3.8, 4) is 0 Å². The summed E-state index contributed by atoms with van der Waals surface area (Å²) in [6.45, 7) is 0.733. The van der Waals surface area contributed by atoms with Crippen LogP contribution in [-0.2, 0) is 11.2 Å². The fraction of sp³-hybridized carbons (Fsp3) is 0.217. The standard InChI is InChI=1S/C18H15Cl.C5H6O/c19-17-7-3-5-13-9-10-15-14-6-2-1-4-12(14)8-11-16(15)18(13)17;1-2-4-6-5-3-1/h1-2,4,6,8-11,17H,3,5,7H2;1-4H,5H2. The number of halogens is 1.